The Morgan fingerprint density at radius 3 is 1.20 bits per heavy atom. The van der Waals surface area contributed by atoms with Crippen LogP contribution >= 0.6 is 0 Å². The second-order valence-corrected chi connectivity index (χ2v) is 0. The van der Waals surface area contributed by atoms with Crippen molar-refractivity contribution in [2.24, 2.45) is 0 Å². The van der Waals surface area contributed by atoms with Crippen molar-refractivity contribution in [3.63, 3.8) is 0 Å². The van der Waals surface area contributed by atoms with Crippen LogP contribution in [0.3, 0.4) is 0 Å². The summed E-state index contributed by atoms with van der Waals surface area (Å²) < 4.78 is 0. The van der Waals surface area contributed by atoms with Crippen LogP contribution in [-0.4, -0.2) is 71.7 Å². The third-order valence-electron chi connectivity index (χ3n) is 0. The zero-order valence-corrected chi connectivity index (χ0v) is 15.9. The van der Waals surface area contributed by atoms with Crippen LogP contribution in [0.15, 0.2) is 0 Å². The van der Waals surface area contributed by atoms with Gasteiger partial charge in [0.2, 0.25) is 0 Å². The van der Waals surface area contributed by atoms with E-state index in [0.717, 1.165) is 0 Å². The molecule has 0 aromatic carbocycles. The van der Waals surface area contributed by atoms with Gasteiger partial charge in [-0.05, 0) is 0 Å². The molecule has 0 heterocycles. The molecule has 0 aromatic rings. The van der Waals surface area contributed by atoms with Crippen LogP contribution < -0.4 is 0 Å². The van der Waals surface area contributed by atoms with E-state index >= 15 is 0 Å². The maximum atomic E-state index is 0. The predicted molar refractivity (Wildman–Crippen MR) is 13.7 cm³/mol. The molecule has 0 fully saturated rings. The normalized spacial score (nSPS) is 0. The summed E-state index contributed by atoms with van der Waals surface area (Å²) in [6.45, 7) is 0. The smallest absolute Gasteiger partial charge is 1.00 e. The van der Waals surface area contributed by atoms with E-state index in [4.69, 9.17) is 0 Å². The van der Waals surface area contributed by atoms with Gasteiger partial charge in [-0.15, -0.1) is 0 Å². The van der Waals surface area contributed by atoms with Crippen LogP contribution in [-0.2, 0) is 38.8 Å². The van der Waals surface area contributed by atoms with E-state index in [1.165, 1.54) is 0 Å². The standard InChI is InChI=1S/Bi.La.Mn.Sr.Ti.2H/q;;;+2;;2*-1. The number of rotatable bonds is 0. The topological polar surface area (TPSA) is 0 Å². The van der Waals surface area contributed by atoms with Gasteiger partial charge in [-0.25, -0.2) is 0 Å². The molecule has 0 spiro atoms. The molecule has 0 nitrogen and oxygen atoms in total. The molecule has 0 aromatic heterocycles. The van der Waals surface area contributed by atoms with Crippen molar-refractivity contribution in [1.82, 2.24) is 0 Å². The fourth-order valence-corrected chi connectivity index (χ4v) is 0. The van der Waals surface area contributed by atoms with E-state index in [-0.39, 0.29) is 149 Å². The molecular formula is H2BiLaMnSrTi. The molecule has 0 aliphatic heterocycles. The van der Waals surface area contributed by atoms with Crippen LogP contribution in [0.2, 0.25) is 0 Å². The molecule has 5 heavy (non-hydrogen) atoms. The Morgan fingerprint density at radius 1 is 1.20 bits per heavy atom. The van der Waals surface area contributed by atoms with E-state index in [0.29, 0.717) is 0 Å². The van der Waals surface area contributed by atoms with Gasteiger partial charge < -0.3 is 2.85 Å². The SMILES string of the molecule is [Bi].[H-].[H-].[La].[Mn].[Sr+2].[Ti]. The predicted octanol–water partition coefficient (Wildman–Crippen LogP) is -0.542. The van der Waals surface area contributed by atoms with Crippen LogP contribution in [0.25, 0.3) is 0 Å². The Labute approximate surface area is 145 Å². The molecule has 0 N–H and O–H groups in total. The summed E-state index contributed by atoms with van der Waals surface area (Å²) in [5, 5.41) is 0. The first-order valence-electron chi connectivity index (χ1n) is 0. The molecule has 0 bridgehead atoms. The Bertz CT molecular complexity index is 17.7. The van der Waals surface area contributed by atoms with Gasteiger partial charge in [0.1, 0.15) is 0 Å². The molecule has 0 unspecified atom stereocenters. The molecule has 0 atom stereocenters. The van der Waals surface area contributed by atoms with Crippen LogP contribution in [0.5, 0.6) is 0 Å². The van der Waals surface area contributed by atoms with Gasteiger partial charge >= 0.3 is 45.5 Å². The molecule has 5 heteroatoms. The zero-order valence-electron chi connectivity index (χ0n) is 4.61. The molecule has 23 valence electrons. The third kappa shape index (κ3) is 17.7. The van der Waals surface area contributed by atoms with Crippen LogP contribution in [0, 0.1) is 35.6 Å². The third-order valence-corrected chi connectivity index (χ3v) is 0. The summed E-state index contributed by atoms with van der Waals surface area (Å²) in [6.07, 6.45) is 0. The Hall–Kier alpha value is 4.79. The fraction of sp³-hybridized carbons (Fsp3) is 0. The van der Waals surface area contributed by atoms with Gasteiger partial charge in [0.05, 0.1) is 0 Å². The van der Waals surface area contributed by atoms with Crippen molar-refractivity contribution in [3.8, 4) is 0 Å². The minimum Gasteiger partial charge on any atom is -1.00 e. The minimum atomic E-state index is 0. The average molecular weight is 540 g/mol. The van der Waals surface area contributed by atoms with E-state index in [1.54, 1.807) is 0 Å². The molecule has 0 aliphatic carbocycles. The maximum absolute atomic E-state index is 0. The van der Waals surface area contributed by atoms with Gasteiger partial charge in [-0.3, -0.25) is 0 Å². The first-order valence-corrected chi connectivity index (χ1v) is 0. The van der Waals surface area contributed by atoms with Crippen molar-refractivity contribution in [2.75, 3.05) is 0 Å². The van der Waals surface area contributed by atoms with E-state index < -0.39 is 0 Å². The van der Waals surface area contributed by atoms with Gasteiger partial charge in [-0.1, -0.05) is 0 Å². The van der Waals surface area contributed by atoms with Gasteiger partial charge in [0.15, 0.2) is 0 Å². The molecular weight excluding hydrogens is 538 g/mol. The Balaban J connectivity index is 0. The van der Waals surface area contributed by atoms with Crippen molar-refractivity contribution in [3.05, 3.63) is 0 Å². The maximum Gasteiger partial charge on any atom is 2.00 e. The van der Waals surface area contributed by atoms with Crippen molar-refractivity contribution in [2.45, 2.75) is 0 Å². The van der Waals surface area contributed by atoms with Gasteiger partial charge in [0, 0.05) is 101 Å². The van der Waals surface area contributed by atoms with E-state index in [9.17, 15) is 0 Å². The summed E-state index contributed by atoms with van der Waals surface area (Å²) in [7, 11) is 0. The summed E-state index contributed by atoms with van der Waals surface area (Å²) in [6, 6.07) is 0. The quantitative estimate of drug-likeness (QED) is 0.363. The largest absolute Gasteiger partial charge is 2.00 e. The van der Waals surface area contributed by atoms with Gasteiger partial charge in [0.25, 0.3) is 0 Å². The van der Waals surface area contributed by atoms with E-state index in [2.05, 4.69) is 0 Å². The fourth-order valence-electron chi connectivity index (χ4n) is 0. The average Bonchev–Trinajstić information content (AvgIpc) is 0. The summed E-state index contributed by atoms with van der Waals surface area (Å²) >= 11 is 0. The summed E-state index contributed by atoms with van der Waals surface area (Å²) in [5.74, 6) is 0. The second-order valence-electron chi connectivity index (χ2n) is 0. The summed E-state index contributed by atoms with van der Waals surface area (Å²) in [4.78, 5) is 0. The van der Waals surface area contributed by atoms with Gasteiger partial charge in [-0.2, -0.15) is 0 Å². The van der Waals surface area contributed by atoms with Crippen molar-refractivity contribution in [1.29, 1.82) is 0 Å². The molecule has 0 saturated heterocycles. The first kappa shape index (κ1) is 33.0. The van der Waals surface area contributed by atoms with Crippen molar-refractivity contribution < 1.29 is 77.2 Å². The molecule has 0 rings (SSSR count). The Kier molecular flexibility index (Phi) is 153. The number of hydrogen-bond donors (Lipinski definition) is 0. The van der Waals surface area contributed by atoms with Crippen LogP contribution in [0.1, 0.15) is 2.85 Å². The van der Waals surface area contributed by atoms with Crippen molar-refractivity contribution >= 4 is 71.7 Å². The molecule has 0 saturated carbocycles. The Morgan fingerprint density at radius 2 is 1.20 bits per heavy atom. The van der Waals surface area contributed by atoms with Crippen LogP contribution in [0.4, 0.5) is 0 Å². The molecule has 5 radical (unpaired) electrons. The zero-order chi connectivity index (χ0) is 0. The molecule has 0 aliphatic rings. The number of hydrogen-bond acceptors (Lipinski definition) is 0. The second kappa shape index (κ2) is 23.2. The monoisotopic (exact) mass is 541 g/mol. The summed E-state index contributed by atoms with van der Waals surface area (Å²) in [5.41, 5.74) is 0. The van der Waals surface area contributed by atoms with E-state index in [1.807, 2.05) is 0 Å². The minimum absolute atomic E-state index is 0. The molecule has 0 amide bonds. The first-order chi connectivity index (χ1) is 0.